The van der Waals surface area contributed by atoms with Crippen LogP contribution in [0.5, 0.6) is 11.5 Å². The van der Waals surface area contributed by atoms with Gasteiger partial charge >= 0.3 is 0 Å². The molecule has 4 aromatic rings. The third-order valence-corrected chi connectivity index (χ3v) is 7.49. The molecule has 3 amide bonds. The molecule has 0 aliphatic rings. The van der Waals surface area contributed by atoms with Crippen molar-refractivity contribution in [2.45, 2.75) is 17.1 Å². The summed E-state index contributed by atoms with van der Waals surface area (Å²) in [5, 5.41) is 19.2. The van der Waals surface area contributed by atoms with Crippen LogP contribution >= 0.6 is 11.8 Å². The lowest BCUT2D eigenvalue weighted by molar-refractivity contribution is -0.385. The normalized spacial score (nSPS) is 11.6. The van der Waals surface area contributed by atoms with Crippen LogP contribution in [0.1, 0.15) is 22.8 Å². The molecule has 0 heterocycles. The third-order valence-electron chi connectivity index (χ3n) is 6.40. The molecular weight excluding hydrogens is 596 g/mol. The van der Waals surface area contributed by atoms with Crippen LogP contribution in [-0.4, -0.2) is 42.1 Å². The average molecular weight is 627 g/mol. The minimum Gasteiger partial charge on any atom is -0.497 e. The predicted molar refractivity (Wildman–Crippen MR) is 174 cm³/mol. The van der Waals surface area contributed by atoms with E-state index in [0.29, 0.717) is 33.3 Å². The summed E-state index contributed by atoms with van der Waals surface area (Å²) in [7, 11) is 3.03. The zero-order valence-electron chi connectivity index (χ0n) is 24.6. The first-order valence-corrected chi connectivity index (χ1v) is 14.5. The van der Waals surface area contributed by atoms with Gasteiger partial charge in [0.1, 0.15) is 17.2 Å². The summed E-state index contributed by atoms with van der Waals surface area (Å²) >= 11 is 1.26. The van der Waals surface area contributed by atoms with Crippen LogP contribution in [0.4, 0.5) is 17.1 Å². The van der Waals surface area contributed by atoms with Crippen molar-refractivity contribution in [2.24, 2.45) is 0 Å². The van der Waals surface area contributed by atoms with Gasteiger partial charge < -0.3 is 25.4 Å². The number of benzene rings is 4. The van der Waals surface area contributed by atoms with Gasteiger partial charge in [-0.15, -0.1) is 11.8 Å². The van der Waals surface area contributed by atoms with Gasteiger partial charge in [0.25, 0.3) is 17.5 Å². The monoisotopic (exact) mass is 626 g/mol. The highest BCUT2D eigenvalue weighted by Gasteiger charge is 2.20. The molecule has 12 heteroatoms. The van der Waals surface area contributed by atoms with E-state index < -0.39 is 22.0 Å². The number of para-hydroxylation sites is 1. The number of methoxy groups -OCH3 is 2. The Morgan fingerprint density at radius 2 is 1.60 bits per heavy atom. The zero-order valence-corrected chi connectivity index (χ0v) is 25.4. The summed E-state index contributed by atoms with van der Waals surface area (Å²) in [5.41, 5.74) is 0.860. The van der Waals surface area contributed by atoms with Crippen molar-refractivity contribution < 1.29 is 28.8 Å². The van der Waals surface area contributed by atoms with E-state index in [4.69, 9.17) is 9.47 Å². The number of amides is 3. The first-order valence-electron chi connectivity index (χ1n) is 13.6. The summed E-state index contributed by atoms with van der Waals surface area (Å²) in [6, 6.07) is 26.1. The Morgan fingerprint density at radius 1 is 0.867 bits per heavy atom. The fourth-order valence-corrected chi connectivity index (χ4v) is 5.05. The number of hydrogen-bond donors (Lipinski definition) is 3. The van der Waals surface area contributed by atoms with E-state index in [1.165, 1.54) is 50.3 Å². The molecule has 0 aromatic heterocycles. The quantitative estimate of drug-likeness (QED) is 0.0735. The molecule has 0 spiro atoms. The number of carbonyl (C=O) groups excluding carboxylic acids is 3. The van der Waals surface area contributed by atoms with Crippen molar-refractivity contribution in [3.63, 3.8) is 0 Å². The standard InChI is InChI=1S/C33H30N4O7S/c1-21(31(38)35-27-20-25(43-2)16-17-30(27)44-3)45-26-14-9-13-24(19-26)34-33(40)28(36-32(39)22-10-5-4-6-11-22)18-23-12-7-8-15-29(23)37(41)42/h4-21H,1-3H3,(H,34,40)(H,35,38)(H,36,39)/b28-18+. The highest BCUT2D eigenvalue weighted by Crippen LogP contribution is 2.31. The SMILES string of the molecule is COc1ccc(OC)c(NC(=O)C(C)Sc2cccc(NC(=O)/C(=C\c3ccccc3[N+](=O)[O-])NC(=O)c3ccccc3)c2)c1. The lowest BCUT2D eigenvalue weighted by Gasteiger charge is -2.16. The minimum absolute atomic E-state index is 0.137. The molecule has 4 rings (SSSR count). The van der Waals surface area contributed by atoms with Gasteiger partial charge in [-0.25, -0.2) is 0 Å². The summed E-state index contributed by atoms with van der Waals surface area (Å²) in [6.07, 6.45) is 1.26. The summed E-state index contributed by atoms with van der Waals surface area (Å²) < 4.78 is 10.6. The molecule has 0 radical (unpaired) electrons. The molecule has 230 valence electrons. The first kappa shape index (κ1) is 32.3. The molecule has 3 N–H and O–H groups in total. The van der Waals surface area contributed by atoms with Crippen LogP contribution in [0.15, 0.2) is 108 Å². The van der Waals surface area contributed by atoms with E-state index in [1.807, 2.05) is 0 Å². The Morgan fingerprint density at radius 3 is 2.31 bits per heavy atom. The van der Waals surface area contributed by atoms with Gasteiger partial charge in [-0.3, -0.25) is 24.5 Å². The van der Waals surface area contributed by atoms with Gasteiger partial charge in [0.2, 0.25) is 5.91 Å². The topological polar surface area (TPSA) is 149 Å². The summed E-state index contributed by atoms with van der Waals surface area (Å²) in [4.78, 5) is 51.1. The molecule has 1 atom stereocenters. The Balaban J connectivity index is 1.52. The van der Waals surface area contributed by atoms with Crippen molar-refractivity contribution in [1.29, 1.82) is 0 Å². The number of rotatable bonds is 12. The van der Waals surface area contributed by atoms with Crippen molar-refractivity contribution in [3.05, 3.63) is 124 Å². The number of nitrogens with one attached hydrogen (secondary N) is 3. The second kappa shape index (κ2) is 15.2. The first-order chi connectivity index (χ1) is 21.7. The van der Waals surface area contributed by atoms with Gasteiger partial charge in [-0.1, -0.05) is 36.4 Å². The molecule has 1 unspecified atom stereocenters. The summed E-state index contributed by atoms with van der Waals surface area (Å²) in [6.45, 7) is 1.74. The van der Waals surface area contributed by atoms with E-state index in [0.717, 1.165) is 0 Å². The van der Waals surface area contributed by atoms with Crippen molar-refractivity contribution in [3.8, 4) is 11.5 Å². The maximum absolute atomic E-state index is 13.5. The van der Waals surface area contributed by atoms with Gasteiger partial charge in [-0.2, -0.15) is 0 Å². The number of nitro benzene ring substituents is 1. The Kier molecular flexibility index (Phi) is 10.9. The number of hydrogen-bond acceptors (Lipinski definition) is 8. The number of carbonyl (C=O) groups is 3. The predicted octanol–water partition coefficient (Wildman–Crippen LogP) is 6.14. The Bertz CT molecular complexity index is 1740. The number of nitrogens with zero attached hydrogens (tertiary/aromatic N) is 1. The molecule has 0 fully saturated rings. The van der Waals surface area contributed by atoms with Gasteiger partial charge in [0.15, 0.2) is 0 Å². The highest BCUT2D eigenvalue weighted by atomic mass is 32.2. The fraction of sp³-hybridized carbons (Fsp3) is 0.121. The third kappa shape index (κ3) is 8.71. The second-order valence-corrected chi connectivity index (χ2v) is 10.9. The van der Waals surface area contributed by atoms with E-state index in [9.17, 15) is 24.5 Å². The molecule has 0 saturated heterocycles. The molecule has 0 aliphatic heterocycles. The molecule has 45 heavy (non-hydrogen) atoms. The van der Waals surface area contributed by atoms with Crippen LogP contribution in [0.2, 0.25) is 0 Å². The molecule has 4 aromatic carbocycles. The molecule has 0 saturated carbocycles. The van der Waals surface area contributed by atoms with E-state index in [-0.39, 0.29) is 22.9 Å². The van der Waals surface area contributed by atoms with Gasteiger partial charge in [-0.05, 0) is 61.5 Å². The van der Waals surface area contributed by atoms with Crippen LogP contribution in [0.3, 0.4) is 0 Å². The number of anilines is 2. The van der Waals surface area contributed by atoms with Gasteiger partial charge in [0.05, 0.1) is 35.6 Å². The Hall–Kier alpha value is -5.62. The lowest BCUT2D eigenvalue weighted by Crippen LogP contribution is -2.30. The van der Waals surface area contributed by atoms with E-state index >= 15 is 0 Å². The second-order valence-electron chi connectivity index (χ2n) is 9.49. The van der Waals surface area contributed by atoms with E-state index in [2.05, 4.69) is 16.0 Å². The van der Waals surface area contributed by atoms with Crippen molar-refractivity contribution in [1.82, 2.24) is 5.32 Å². The molecule has 11 nitrogen and oxygen atoms in total. The number of nitro groups is 1. The summed E-state index contributed by atoms with van der Waals surface area (Å²) in [5.74, 6) is -0.498. The van der Waals surface area contributed by atoms with Crippen molar-refractivity contribution >= 4 is 52.6 Å². The molecule has 0 bridgehead atoms. The van der Waals surface area contributed by atoms with Gasteiger partial charge in [0, 0.05) is 28.3 Å². The molecule has 0 aliphatic carbocycles. The smallest absolute Gasteiger partial charge is 0.276 e. The molecular formula is C33H30N4O7S. The maximum Gasteiger partial charge on any atom is 0.276 e. The highest BCUT2D eigenvalue weighted by molar-refractivity contribution is 8.00. The number of thioether (sulfide) groups is 1. The van der Waals surface area contributed by atoms with Crippen LogP contribution < -0.4 is 25.4 Å². The maximum atomic E-state index is 13.5. The fourth-order valence-electron chi connectivity index (χ4n) is 4.12. The minimum atomic E-state index is -0.699. The van der Waals surface area contributed by atoms with Crippen LogP contribution in [-0.2, 0) is 9.59 Å². The largest absolute Gasteiger partial charge is 0.497 e. The van der Waals surface area contributed by atoms with Crippen LogP contribution in [0, 0.1) is 10.1 Å². The van der Waals surface area contributed by atoms with Crippen LogP contribution in [0.25, 0.3) is 6.08 Å². The van der Waals surface area contributed by atoms with E-state index in [1.54, 1.807) is 85.8 Å². The zero-order chi connectivity index (χ0) is 32.3. The lowest BCUT2D eigenvalue weighted by atomic mass is 10.1. The Labute approximate surface area is 263 Å². The average Bonchev–Trinajstić information content (AvgIpc) is 3.05. The number of ether oxygens (including phenoxy) is 2. The van der Waals surface area contributed by atoms with Crippen molar-refractivity contribution in [2.75, 3.05) is 24.9 Å².